The Labute approximate surface area is 293 Å². The fourth-order valence-electron chi connectivity index (χ4n) is 9.63. The van der Waals surface area contributed by atoms with Crippen molar-refractivity contribution in [1.82, 2.24) is 9.97 Å². The van der Waals surface area contributed by atoms with E-state index in [0.717, 1.165) is 11.0 Å². The van der Waals surface area contributed by atoms with Crippen LogP contribution in [0.2, 0.25) is 0 Å². The van der Waals surface area contributed by atoms with Gasteiger partial charge in [0.05, 0.1) is 5.41 Å². The second kappa shape index (κ2) is 9.74. The maximum absolute atomic E-state index is 3.60. The smallest absolute Gasteiger partial charge is 0.0726 e. The van der Waals surface area contributed by atoms with E-state index in [1.165, 1.54) is 97.7 Å². The Bertz CT molecular complexity index is 2790. The summed E-state index contributed by atoms with van der Waals surface area (Å²) in [6, 6.07) is 59.5. The summed E-state index contributed by atoms with van der Waals surface area (Å²) >= 11 is 0. The zero-order valence-electron chi connectivity index (χ0n) is 27.7. The van der Waals surface area contributed by atoms with Crippen LogP contribution in [0.25, 0.3) is 86.4 Å². The van der Waals surface area contributed by atoms with E-state index in [1.54, 1.807) is 0 Å². The first-order valence-electron chi connectivity index (χ1n) is 17.7. The van der Waals surface area contributed by atoms with Gasteiger partial charge >= 0.3 is 0 Å². The number of fused-ring (bicyclic) bond motifs is 4. The molecule has 2 N–H and O–H groups in total. The van der Waals surface area contributed by atoms with Gasteiger partial charge in [0.1, 0.15) is 0 Å². The van der Waals surface area contributed by atoms with E-state index in [4.69, 9.17) is 0 Å². The molecule has 0 amide bonds. The molecule has 0 saturated carbocycles. The maximum atomic E-state index is 3.60. The zero-order chi connectivity index (χ0) is 33.3. The third-order valence-corrected chi connectivity index (χ3v) is 11.8. The molecule has 6 heterocycles. The number of benzene rings is 6. The fraction of sp³-hybridized carbons (Fsp3) is 0.0204. The van der Waals surface area contributed by atoms with Gasteiger partial charge in [-0.25, -0.2) is 0 Å². The van der Waals surface area contributed by atoms with Crippen molar-refractivity contribution in [1.29, 1.82) is 0 Å². The number of hydrogen-bond acceptors (Lipinski definition) is 0. The monoisotopic (exact) mass is 646 g/mol. The van der Waals surface area contributed by atoms with Crippen molar-refractivity contribution in [2.24, 2.45) is 0 Å². The molecule has 236 valence electrons. The first-order valence-corrected chi connectivity index (χ1v) is 17.7. The molecule has 2 aliphatic carbocycles. The van der Waals surface area contributed by atoms with Gasteiger partial charge in [0.2, 0.25) is 0 Å². The van der Waals surface area contributed by atoms with Gasteiger partial charge in [-0.3, -0.25) is 0 Å². The summed E-state index contributed by atoms with van der Waals surface area (Å²) < 4.78 is 0. The van der Waals surface area contributed by atoms with Crippen LogP contribution in [0.4, 0.5) is 0 Å². The van der Waals surface area contributed by atoms with Gasteiger partial charge < -0.3 is 9.97 Å². The maximum Gasteiger partial charge on any atom is 0.0726 e. The molecule has 0 saturated heterocycles. The average molecular weight is 647 g/mol. The Morgan fingerprint density at radius 3 is 0.980 bits per heavy atom. The van der Waals surface area contributed by atoms with Gasteiger partial charge in [0, 0.05) is 23.4 Å². The van der Waals surface area contributed by atoms with Gasteiger partial charge in [-0.1, -0.05) is 133 Å². The van der Waals surface area contributed by atoms with E-state index >= 15 is 0 Å². The van der Waals surface area contributed by atoms with Crippen LogP contribution in [0.5, 0.6) is 0 Å². The molecule has 0 fully saturated rings. The highest BCUT2D eigenvalue weighted by atomic mass is 14.6. The highest BCUT2D eigenvalue weighted by Gasteiger charge is 2.49. The Kier molecular flexibility index (Phi) is 5.20. The van der Waals surface area contributed by atoms with Crippen LogP contribution in [0.15, 0.2) is 170 Å². The second-order valence-electron chi connectivity index (χ2n) is 14.3. The minimum atomic E-state index is -0.518. The molecule has 2 aliphatic rings. The van der Waals surface area contributed by atoms with Crippen LogP contribution in [0, 0.1) is 0 Å². The predicted octanol–water partition coefficient (Wildman–Crippen LogP) is 12.8. The Balaban J connectivity index is 1.39. The van der Waals surface area contributed by atoms with Crippen molar-refractivity contribution in [2.45, 2.75) is 5.41 Å². The number of nitrogens with one attached hydrogen (secondary N) is 2. The lowest BCUT2D eigenvalue weighted by Crippen LogP contribution is -2.26. The summed E-state index contributed by atoms with van der Waals surface area (Å²) in [7, 11) is 0. The summed E-state index contributed by atoms with van der Waals surface area (Å²) in [5.74, 6) is 0. The van der Waals surface area contributed by atoms with E-state index in [-0.39, 0.29) is 0 Å². The molecule has 51 heavy (non-hydrogen) atoms. The van der Waals surface area contributed by atoms with Crippen LogP contribution in [0.1, 0.15) is 22.3 Å². The quantitative estimate of drug-likeness (QED) is 0.164. The fourth-order valence-corrected chi connectivity index (χ4v) is 9.63. The van der Waals surface area contributed by atoms with Gasteiger partial charge in [-0.2, -0.15) is 0 Å². The normalized spacial score (nSPS) is 13.6. The van der Waals surface area contributed by atoms with Crippen molar-refractivity contribution >= 4 is 86.4 Å². The van der Waals surface area contributed by atoms with Crippen LogP contribution in [0.3, 0.4) is 0 Å². The Morgan fingerprint density at radius 2 is 0.647 bits per heavy atom. The molecule has 2 heteroatoms. The van der Waals surface area contributed by atoms with E-state index in [2.05, 4.69) is 180 Å². The molecular weight excluding hydrogens is 617 g/mol. The van der Waals surface area contributed by atoms with Gasteiger partial charge in [-0.15, -0.1) is 0 Å². The van der Waals surface area contributed by atoms with Crippen LogP contribution in [-0.2, 0) is 5.41 Å². The first kappa shape index (κ1) is 27.2. The van der Waals surface area contributed by atoms with E-state index in [9.17, 15) is 0 Å². The topological polar surface area (TPSA) is 31.6 Å². The van der Waals surface area contributed by atoms with Gasteiger partial charge in [0.15, 0.2) is 0 Å². The zero-order valence-corrected chi connectivity index (χ0v) is 27.7. The van der Waals surface area contributed by atoms with E-state index < -0.39 is 5.41 Å². The Hall–Kier alpha value is -6.64. The Morgan fingerprint density at radius 1 is 0.314 bits per heavy atom. The van der Waals surface area contributed by atoms with Crippen molar-refractivity contribution in [3.05, 3.63) is 192 Å². The van der Waals surface area contributed by atoms with Crippen molar-refractivity contribution in [2.75, 3.05) is 0 Å². The summed E-state index contributed by atoms with van der Waals surface area (Å²) in [5.41, 5.74) is 7.02. The van der Waals surface area contributed by atoms with Crippen molar-refractivity contribution < 1.29 is 0 Å². The highest BCUT2D eigenvalue weighted by Crippen LogP contribution is 2.62. The number of pyridine rings is 2. The molecule has 6 aromatic heterocycles. The second-order valence-corrected chi connectivity index (χ2v) is 14.3. The third kappa shape index (κ3) is 3.51. The molecule has 18 rings (SSSR count). The minimum Gasteiger partial charge on any atom is -0.361 e. The van der Waals surface area contributed by atoms with Crippen molar-refractivity contribution in [3.63, 3.8) is 0 Å². The molecular formula is C49H30N2. The summed E-state index contributed by atoms with van der Waals surface area (Å²) in [4.78, 5) is 7.21. The molecule has 1 spiro atoms. The third-order valence-electron chi connectivity index (χ3n) is 11.8. The average Bonchev–Trinajstić information content (AvgIpc) is 3.68. The first-order chi connectivity index (χ1) is 25.3. The molecule has 16 aromatic rings. The van der Waals surface area contributed by atoms with Crippen molar-refractivity contribution in [3.8, 4) is 0 Å². The summed E-state index contributed by atoms with van der Waals surface area (Å²) in [6.07, 6.45) is 4.36. The molecule has 0 aliphatic heterocycles. The van der Waals surface area contributed by atoms with Gasteiger partial charge in [0.25, 0.3) is 0 Å². The van der Waals surface area contributed by atoms with E-state index in [1.807, 2.05) is 0 Å². The minimum absolute atomic E-state index is 0.518. The van der Waals surface area contributed by atoms with Gasteiger partial charge in [-0.05, 0) is 122 Å². The molecule has 8 bridgehead atoms. The molecule has 10 aromatic carbocycles. The molecule has 0 unspecified atom stereocenters. The predicted molar refractivity (Wildman–Crippen MR) is 216 cm³/mol. The number of hydrogen-bond donors (Lipinski definition) is 2. The summed E-state index contributed by atoms with van der Waals surface area (Å²) in [5, 5.41) is 17.5. The lowest BCUT2D eigenvalue weighted by Gasteiger charge is -2.31. The number of rotatable bonds is 0. The number of aromatic nitrogens is 2. The standard InChI is InChI=1S/C49H30N2/c1-5-37-31-17-13-29(14-18-31)25-35-23-21-33(27-50-35)39-7-3-11-43-47(39)45(37)41(9-1)49(43)42-10-2-6-38-32-19-15-30(16-20-32)26-36-24-22-34(28-51-36)40-8-4-12-44(49)48(40)46(38)42/h1-28,50-51H. The van der Waals surface area contributed by atoms with E-state index in [0.29, 0.717) is 0 Å². The molecule has 0 atom stereocenters. The SMILES string of the molecule is c1cc2c3c(c1)c1ccc(cc1)cc1ccc(c[nH]1)c1cccc(c13)C21c2cccc3c4ccc(cc4)cc4ccc(c[nH]4)c4cccc1c4c23. The number of H-pyrrole nitrogens is 2. The largest absolute Gasteiger partial charge is 0.361 e. The lowest BCUT2D eigenvalue weighted by atomic mass is 9.69. The number of aromatic amines is 2. The molecule has 2 nitrogen and oxygen atoms in total. The lowest BCUT2D eigenvalue weighted by molar-refractivity contribution is 0.800. The molecule has 0 radical (unpaired) electrons. The van der Waals surface area contributed by atoms with Crippen LogP contribution in [-0.4, -0.2) is 9.97 Å². The summed E-state index contributed by atoms with van der Waals surface area (Å²) in [6.45, 7) is 0. The van der Waals surface area contributed by atoms with Crippen LogP contribution < -0.4 is 0 Å². The van der Waals surface area contributed by atoms with Crippen LogP contribution >= 0.6 is 0 Å². The highest BCUT2D eigenvalue weighted by molar-refractivity contribution is 6.26.